The Bertz CT molecular complexity index is 555. The van der Waals surface area contributed by atoms with Crippen LogP contribution in [-0.4, -0.2) is 9.55 Å². The molecule has 0 radical (unpaired) electrons. The summed E-state index contributed by atoms with van der Waals surface area (Å²) >= 11 is 0. The summed E-state index contributed by atoms with van der Waals surface area (Å²) in [6.07, 6.45) is 3.49. The number of hydrogen-bond acceptors (Lipinski definition) is 2. The highest BCUT2D eigenvalue weighted by Crippen LogP contribution is 2.29. The van der Waals surface area contributed by atoms with Crippen LogP contribution in [0.25, 0.3) is 11.3 Å². The minimum Gasteiger partial charge on any atom is -0.383 e. The van der Waals surface area contributed by atoms with Crippen LogP contribution in [0.3, 0.4) is 0 Å². The zero-order chi connectivity index (χ0) is 11.8. The van der Waals surface area contributed by atoms with Gasteiger partial charge in [-0.1, -0.05) is 23.8 Å². The number of nitrogen functional groups attached to an aromatic ring is 1. The predicted octanol–water partition coefficient (Wildman–Crippen LogP) is 2.78. The highest BCUT2D eigenvalue weighted by molar-refractivity contribution is 5.71. The fraction of sp³-hybridized carbons (Fsp3) is 0.357. The summed E-state index contributed by atoms with van der Waals surface area (Å²) in [5.74, 6) is 1.97. The molecular weight excluding hydrogens is 210 g/mol. The van der Waals surface area contributed by atoms with Crippen LogP contribution in [0.1, 0.15) is 24.2 Å². The summed E-state index contributed by atoms with van der Waals surface area (Å²) in [5.41, 5.74) is 9.53. The van der Waals surface area contributed by atoms with Crippen molar-refractivity contribution in [3.05, 3.63) is 35.7 Å². The molecule has 1 aromatic heterocycles. The number of anilines is 1. The van der Waals surface area contributed by atoms with E-state index in [0.29, 0.717) is 0 Å². The van der Waals surface area contributed by atoms with Crippen LogP contribution >= 0.6 is 0 Å². The van der Waals surface area contributed by atoms with Crippen molar-refractivity contribution in [2.24, 2.45) is 0 Å². The Morgan fingerprint density at radius 3 is 2.94 bits per heavy atom. The van der Waals surface area contributed by atoms with Gasteiger partial charge in [0.1, 0.15) is 17.3 Å². The van der Waals surface area contributed by atoms with Crippen LogP contribution in [0, 0.1) is 6.92 Å². The van der Waals surface area contributed by atoms with Crippen molar-refractivity contribution in [1.82, 2.24) is 9.55 Å². The fourth-order valence-corrected chi connectivity index (χ4v) is 2.51. The Labute approximate surface area is 101 Å². The number of rotatable bonds is 1. The second kappa shape index (κ2) is 3.91. The minimum atomic E-state index is 0.824. The lowest BCUT2D eigenvalue weighted by molar-refractivity contribution is 0.527. The SMILES string of the molecule is Cc1cccc(-c2nc3n(c2N)CCCC3)c1. The smallest absolute Gasteiger partial charge is 0.131 e. The summed E-state index contributed by atoms with van der Waals surface area (Å²) in [7, 11) is 0. The van der Waals surface area contributed by atoms with Crippen molar-refractivity contribution in [1.29, 1.82) is 0 Å². The zero-order valence-corrected chi connectivity index (χ0v) is 10.1. The minimum absolute atomic E-state index is 0.824. The first-order valence-corrected chi connectivity index (χ1v) is 6.17. The van der Waals surface area contributed by atoms with Crippen molar-refractivity contribution in [3.8, 4) is 11.3 Å². The Kier molecular flexibility index (Phi) is 2.39. The molecule has 2 aromatic rings. The van der Waals surface area contributed by atoms with E-state index in [0.717, 1.165) is 35.9 Å². The normalized spacial score (nSPS) is 14.6. The van der Waals surface area contributed by atoms with E-state index in [1.54, 1.807) is 0 Å². The standard InChI is InChI=1S/C14H17N3/c1-10-5-4-6-11(9-10)13-14(15)17-8-3-2-7-12(17)16-13/h4-6,9H,2-3,7-8,15H2,1H3. The van der Waals surface area contributed by atoms with E-state index in [1.165, 1.54) is 18.4 Å². The maximum Gasteiger partial charge on any atom is 0.131 e. The van der Waals surface area contributed by atoms with Crippen LogP contribution < -0.4 is 5.73 Å². The van der Waals surface area contributed by atoms with Crippen LogP contribution in [-0.2, 0) is 13.0 Å². The molecule has 3 rings (SSSR count). The van der Waals surface area contributed by atoms with Crippen LogP contribution in [0.5, 0.6) is 0 Å². The molecule has 0 aliphatic carbocycles. The second-order valence-electron chi connectivity index (χ2n) is 4.74. The van der Waals surface area contributed by atoms with E-state index in [1.807, 2.05) is 0 Å². The van der Waals surface area contributed by atoms with E-state index in [-0.39, 0.29) is 0 Å². The monoisotopic (exact) mass is 227 g/mol. The van der Waals surface area contributed by atoms with Gasteiger partial charge in [0.2, 0.25) is 0 Å². The third-order valence-corrected chi connectivity index (χ3v) is 3.41. The number of benzene rings is 1. The number of imidazole rings is 1. The highest BCUT2D eigenvalue weighted by Gasteiger charge is 2.18. The summed E-state index contributed by atoms with van der Waals surface area (Å²) in [5, 5.41) is 0. The van der Waals surface area contributed by atoms with Crippen LogP contribution in [0.15, 0.2) is 24.3 Å². The van der Waals surface area contributed by atoms with Gasteiger partial charge in [0, 0.05) is 18.5 Å². The first-order valence-electron chi connectivity index (χ1n) is 6.17. The second-order valence-corrected chi connectivity index (χ2v) is 4.74. The summed E-state index contributed by atoms with van der Waals surface area (Å²) < 4.78 is 2.17. The lowest BCUT2D eigenvalue weighted by Gasteiger charge is -2.14. The Morgan fingerprint density at radius 2 is 2.18 bits per heavy atom. The molecule has 3 nitrogen and oxygen atoms in total. The zero-order valence-electron chi connectivity index (χ0n) is 10.1. The van der Waals surface area contributed by atoms with Gasteiger partial charge in [-0.15, -0.1) is 0 Å². The van der Waals surface area contributed by atoms with Crippen molar-refractivity contribution < 1.29 is 0 Å². The summed E-state index contributed by atoms with van der Waals surface area (Å²) in [4.78, 5) is 4.70. The van der Waals surface area contributed by atoms with Gasteiger partial charge in [-0.2, -0.15) is 0 Å². The first kappa shape index (κ1) is 10.4. The molecule has 0 amide bonds. The first-order chi connectivity index (χ1) is 8.25. The number of nitrogens with zero attached hydrogens (tertiary/aromatic N) is 2. The molecule has 0 saturated carbocycles. The van der Waals surface area contributed by atoms with Gasteiger partial charge in [0.25, 0.3) is 0 Å². The molecule has 0 spiro atoms. The van der Waals surface area contributed by atoms with Crippen molar-refractivity contribution in [2.75, 3.05) is 5.73 Å². The van der Waals surface area contributed by atoms with E-state index < -0.39 is 0 Å². The molecule has 1 aliphatic rings. The number of nitrogens with two attached hydrogens (primary N) is 1. The number of aromatic nitrogens is 2. The topological polar surface area (TPSA) is 43.8 Å². The Hall–Kier alpha value is -1.77. The molecule has 1 aliphatic heterocycles. The van der Waals surface area contributed by atoms with Crippen LogP contribution in [0.4, 0.5) is 5.82 Å². The van der Waals surface area contributed by atoms with Gasteiger partial charge >= 0.3 is 0 Å². The van der Waals surface area contributed by atoms with Crippen molar-refractivity contribution in [3.63, 3.8) is 0 Å². The molecule has 2 N–H and O–H groups in total. The maximum absolute atomic E-state index is 6.21. The molecule has 0 fully saturated rings. The molecule has 0 atom stereocenters. The molecule has 3 heteroatoms. The summed E-state index contributed by atoms with van der Waals surface area (Å²) in [6.45, 7) is 3.11. The lowest BCUT2D eigenvalue weighted by Crippen LogP contribution is -2.12. The predicted molar refractivity (Wildman–Crippen MR) is 69.8 cm³/mol. The largest absolute Gasteiger partial charge is 0.383 e. The van der Waals surface area contributed by atoms with E-state index in [9.17, 15) is 0 Å². The molecule has 0 bridgehead atoms. The third kappa shape index (κ3) is 1.71. The van der Waals surface area contributed by atoms with Crippen LogP contribution in [0.2, 0.25) is 0 Å². The number of hydrogen-bond donors (Lipinski definition) is 1. The average Bonchev–Trinajstić information content (AvgIpc) is 2.68. The molecule has 2 heterocycles. The van der Waals surface area contributed by atoms with Gasteiger partial charge in [-0.05, 0) is 25.8 Å². The number of fused-ring (bicyclic) bond motifs is 1. The maximum atomic E-state index is 6.21. The van der Waals surface area contributed by atoms with Gasteiger partial charge < -0.3 is 10.3 Å². The highest BCUT2D eigenvalue weighted by atomic mass is 15.1. The molecule has 17 heavy (non-hydrogen) atoms. The van der Waals surface area contributed by atoms with Gasteiger partial charge in [-0.3, -0.25) is 0 Å². The Morgan fingerprint density at radius 1 is 1.29 bits per heavy atom. The summed E-state index contributed by atoms with van der Waals surface area (Å²) in [6, 6.07) is 8.38. The molecule has 88 valence electrons. The quantitative estimate of drug-likeness (QED) is 0.814. The van der Waals surface area contributed by atoms with E-state index >= 15 is 0 Å². The fourth-order valence-electron chi connectivity index (χ4n) is 2.51. The van der Waals surface area contributed by atoms with Gasteiger partial charge in [-0.25, -0.2) is 4.98 Å². The van der Waals surface area contributed by atoms with Gasteiger partial charge in [0.15, 0.2) is 0 Å². The van der Waals surface area contributed by atoms with Crippen molar-refractivity contribution >= 4 is 5.82 Å². The average molecular weight is 227 g/mol. The number of aryl methyl sites for hydroxylation is 2. The molecular formula is C14H17N3. The Balaban J connectivity index is 2.12. The van der Waals surface area contributed by atoms with E-state index in [4.69, 9.17) is 10.7 Å². The molecule has 0 saturated heterocycles. The molecule has 1 aromatic carbocycles. The third-order valence-electron chi connectivity index (χ3n) is 3.41. The molecule has 0 unspecified atom stereocenters. The van der Waals surface area contributed by atoms with Gasteiger partial charge in [0.05, 0.1) is 0 Å². The van der Waals surface area contributed by atoms with E-state index in [2.05, 4.69) is 35.8 Å². The lowest BCUT2D eigenvalue weighted by atomic mass is 10.1. The van der Waals surface area contributed by atoms with Crippen molar-refractivity contribution in [2.45, 2.75) is 32.7 Å².